The summed E-state index contributed by atoms with van der Waals surface area (Å²) in [5.74, 6) is -0.321. The van der Waals surface area contributed by atoms with Gasteiger partial charge >= 0.3 is 0 Å². The van der Waals surface area contributed by atoms with Crippen molar-refractivity contribution in [1.29, 1.82) is 0 Å². The average Bonchev–Trinajstić information content (AvgIpc) is 3.39. The minimum atomic E-state index is -0.321. The number of aryl methyl sites for hydroxylation is 1. The van der Waals surface area contributed by atoms with E-state index in [0.29, 0.717) is 16.1 Å². The quantitative estimate of drug-likeness (QED) is 0.446. The van der Waals surface area contributed by atoms with E-state index in [-0.39, 0.29) is 24.6 Å². The Morgan fingerprint density at radius 2 is 1.97 bits per heavy atom. The Labute approximate surface area is 186 Å². The molecule has 1 N–H and O–H groups in total. The fraction of sp³-hybridized carbons (Fsp3) is 0.136. The molecule has 10 heteroatoms. The predicted molar refractivity (Wildman–Crippen MR) is 121 cm³/mol. The first-order valence-electron chi connectivity index (χ1n) is 9.86. The van der Waals surface area contributed by atoms with E-state index in [0.717, 1.165) is 22.3 Å². The van der Waals surface area contributed by atoms with Crippen LogP contribution in [0.4, 0.5) is 0 Å². The van der Waals surface area contributed by atoms with E-state index in [1.54, 1.807) is 13.4 Å². The van der Waals surface area contributed by atoms with Gasteiger partial charge < -0.3 is 5.32 Å². The van der Waals surface area contributed by atoms with Gasteiger partial charge in [-0.2, -0.15) is 5.10 Å². The lowest BCUT2D eigenvalue weighted by molar-refractivity contribution is -0.121. The van der Waals surface area contributed by atoms with Gasteiger partial charge in [-0.3, -0.25) is 23.4 Å². The van der Waals surface area contributed by atoms with Gasteiger partial charge in [0.25, 0.3) is 5.56 Å². The molecule has 0 saturated carbocycles. The highest BCUT2D eigenvalue weighted by molar-refractivity contribution is 6.31. The minimum Gasteiger partial charge on any atom is -0.350 e. The molecule has 32 heavy (non-hydrogen) atoms. The van der Waals surface area contributed by atoms with Crippen molar-refractivity contribution in [2.75, 3.05) is 0 Å². The summed E-state index contributed by atoms with van der Waals surface area (Å²) in [4.78, 5) is 33.5. The van der Waals surface area contributed by atoms with Crippen LogP contribution >= 0.6 is 11.6 Å². The summed E-state index contributed by atoms with van der Waals surface area (Å²) in [6.45, 7) is 0.0906. The number of carbonyl (C=O) groups is 1. The normalized spacial score (nSPS) is 11.3. The second kappa shape index (κ2) is 7.93. The SMILES string of the molecule is Cn1ncc2c(=O)n(CC(=O)NCc3ccc(-n4cnc5ccccc54)cc3Cl)cnc21. The maximum absolute atomic E-state index is 12.5. The van der Waals surface area contributed by atoms with Crippen LogP contribution in [-0.4, -0.2) is 34.8 Å². The van der Waals surface area contributed by atoms with Crippen LogP contribution < -0.4 is 10.9 Å². The third kappa shape index (κ3) is 3.52. The lowest BCUT2D eigenvalue weighted by atomic mass is 10.2. The maximum Gasteiger partial charge on any atom is 0.264 e. The van der Waals surface area contributed by atoms with Gasteiger partial charge in [-0.25, -0.2) is 9.97 Å². The largest absolute Gasteiger partial charge is 0.350 e. The summed E-state index contributed by atoms with van der Waals surface area (Å²) < 4.78 is 4.73. The number of benzene rings is 2. The van der Waals surface area contributed by atoms with E-state index >= 15 is 0 Å². The Morgan fingerprint density at radius 1 is 1.12 bits per heavy atom. The first kappa shape index (κ1) is 20.0. The Balaban J connectivity index is 1.29. The standard InChI is InChI=1S/C22H18ClN7O2/c1-28-21-16(10-27-28)22(32)29(12-26-21)11-20(31)24-9-14-6-7-15(8-17(14)23)30-13-25-18-4-2-3-5-19(18)30/h2-8,10,12-13H,9,11H2,1H3,(H,24,31). The molecule has 1 amide bonds. The van der Waals surface area contributed by atoms with Crippen LogP contribution in [0.25, 0.3) is 27.8 Å². The molecule has 3 heterocycles. The summed E-state index contributed by atoms with van der Waals surface area (Å²) in [6, 6.07) is 13.5. The molecule has 0 aliphatic heterocycles. The van der Waals surface area contributed by atoms with Crippen LogP contribution in [0, 0.1) is 0 Å². The predicted octanol–water partition coefficient (Wildman–Crippen LogP) is 2.44. The van der Waals surface area contributed by atoms with Crippen molar-refractivity contribution in [3.63, 3.8) is 0 Å². The van der Waals surface area contributed by atoms with Gasteiger partial charge in [-0.1, -0.05) is 29.8 Å². The zero-order chi connectivity index (χ0) is 22.2. The van der Waals surface area contributed by atoms with E-state index in [1.165, 1.54) is 21.8 Å². The van der Waals surface area contributed by atoms with E-state index in [2.05, 4.69) is 20.4 Å². The van der Waals surface area contributed by atoms with Gasteiger partial charge in [-0.05, 0) is 29.8 Å². The molecule has 0 aliphatic rings. The second-order valence-corrected chi connectivity index (χ2v) is 7.75. The maximum atomic E-state index is 12.5. The summed E-state index contributed by atoms with van der Waals surface area (Å²) in [5.41, 5.74) is 3.68. The molecule has 5 rings (SSSR count). The topological polar surface area (TPSA) is 99.6 Å². The van der Waals surface area contributed by atoms with Gasteiger partial charge in [0.1, 0.15) is 24.6 Å². The number of carbonyl (C=O) groups excluding carboxylic acids is 1. The molecular formula is C22H18ClN7O2. The number of amides is 1. The molecule has 0 saturated heterocycles. The molecule has 0 fully saturated rings. The van der Waals surface area contributed by atoms with E-state index in [4.69, 9.17) is 11.6 Å². The van der Waals surface area contributed by atoms with Gasteiger partial charge in [0.2, 0.25) is 5.91 Å². The third-order valence-corrected chi connectivity index (χ3v) is 5.63. The lowest BCUT2D eigenvalue weighted by Crippen LogP contribution is -2.32. The van der Waals surface area contributed by atoms with Crippen LogP contribution in [0.2, 0.25) is 5.02 Å². The summed E-state index contributed by atoms with van der Waals surface area (Å²) in [7, 11) is 1.70. The molecule has 0 atom stereocenters. The van der Waals surface area contributed by atoms with Crippen molar-refractivity contribution in [2.45, 2.75) is 13.1 Å². The number of hydrogen-bond donors (Lipinski definition) is 1. The number of nitrogens with zero attached hydrogens (tertiary/aromatic N) is 6. The van der Waals surface area contributed by atoms with Crippen LogP contribution in [0.5, 0.6) is 0 Å². The van der Waals surface area contributed by atoms with E-state index < -0.39 is 0 Å². The number of nitrogens with one attached hydrogen (secondary N) is 1. The molecule has 9 nitrogen and oxygen atoms in total. The molecule has 2 aromatic carbocycles. The van der Waals surface area contributed by atoms with E-state index in [9.17, 15) is 9.59 Å². The average molecular weight is 448 g/mol. The Morgan fingerprint density at radius 3 is 2.81 bits per heavy atom. The smallest absolute Gasteiger partial charge is 0.264 e. The fourth-order valence-corrected chi connectivity index (χ4v) is 3.82. The fourth-order valence-electron chi connectivity index (χ4n) is 3.58. The number of fused-ring (bicyclic) bond motifs is 2. The first-order chi connectivity index (χ1) is 15.5. The summed E-state index contributed by atoms with van der Waals surface area (Å²) >= 11 is 6.47. The Kier molecular flexibility index (Phi) is 4.95. The van der Waals surface area contributed by atoms with Crippen LogP contribution in [0.1, 0.15) is 5.56 Å². The van der Waals surface area contributed by atoms with Crippen molar-refractivity contribution in [1.82, 2.24) is 34.2 Å². The van der Waals surface area contributed by atoms with Gasteiger partial charge in [0.15, 0.2) is 5.65 Å². The van der Waals surface area contributed by atoms with Crippen molar-refractivity contribution >= 4 is 39.6 Å². The molecule has 0 aliphatic carbocycles. The van der Waals surface area contributed by atoms with Crippen molar-refractivity contribution in [3.8, 4) is 5.69 Å². The zero-order valence-corrected chi connectivity index (χ0v) is 17.8. The summed E-state index contributed by atoms with van der Waals surface area (Å²) in [5, 5.41) is 7.72. The summed E-state index contributed by atoms with van der Waals surface area (Å²) in [6.07, 6.45) is 4.55. The van der Waals surface area contributed by atoms with Crippen molar-refractivity contribution in [3.05, 3.63) is 82.3 Å². The van der Waals surface area contributed by atoms with Gasteiger partial charge in [-0.15, -0.1) is 0 Å². The number of halogens is 1. The minimum absolute atomic E-state index is 0.145. The molecular weight excluding hydrogens is 430 g/mol. The van der Waals surface area contributed by atoms with Crippen molar-refractivity contribution in [2.24, 2.45) is 7.05 Å². The second-order valence-electron chi connectivity index (χ2n) is 7.34. The van der Waals surface area contributed by atoms with Crippen LogP contribution in [-0.2, 0) is 24.9 Å². The monoisotopic (exact) mass is 447 g/mol. The molecule has 0 unspecified atom stereocenters. The highest BCUT2D eigenvalue weighted by Gasteiger charge is 2.12. The van der Waals surface area contributed by atoms with Crippen LogP contribution in [0.15, 0.2) is 66.1 Å². The van der Waals surface area contributed by atoms with Crippen molar-refractivity contribution < 1.29 is 4.79 Å². The van der Waals surface area contributed by atoms with Crippen LogP contribution in [0.3, 0.4) is 0 Å². The molecule has 3 aromatic heterocycles. The highest BCUT2D eigenvalue weighted by atomic mass is 35.5. The van der Waals surface area contributed by atoms with Gasteiger partial charge in [0.05, 0.1) is 17.2 Å². The highest BCUT2D eigenvalue weighted by Crippen LogP contribution is 2.23. The number of rotatable bonds is 5. The van der Waals surface area contributed by atoms with E-state index in [1.807, 2.05) is 47.0 Å². The number of imidazole rings is 1. The lowest BCUT2D eigenvalue weighted by Gasteiger charge is -2.11. The van der Waals surface area contributed by atoms with Gasteiger partial charge in [0, 0.05) is 24.3 Å². The molecule has 0 radical (unpaired) electrons. The molecule has 0 bridgehead atoms. The third-order valence-electron chi connectivity index (χ3n) is 5.28. The molecule has 160 valence electrons. The molecule has 5 aromatic rings. The zero-order valence-electron chi connectivity index (χ0n) is 17.1. The number of hydrogen-bond acceptors (Lipinski definition) is 5. The molecule has 0 spiro atoms. The first-order valence-corrected chi connectivity index (χ1v) is 10.2. The number of aromatic nitrogens is 6. The Bertz CT molecular complexity index is 1530. The number of para-hydroxylation sites is 2. The Hall–Kier alpha value is -3.98.